The zero-order valence-electron chi connectivity index (χ0n) is 13.2. The third-order valence-electron chi connectivity index (χ3n) is 3.35. The van der Waals surface area contributed by atoms with Gasteiger partial charge in [0.2, 0.25) is 0 Å². The molecule has 0 aliphatic carbocycles. The quantitative estimate of drug-likeness (QED) is 0.624. The van der Waals surface area contributed by atoms with Crippen molar-refractivity contribution in [2.75, 3.05) is 13.2 Å². The van der Waals surface area contributed by atoms with Gasteiger partial charge in [-0.2, -0.15) is 0 Å². The highest BCUT2D eigenvalue weighted by Crippen LogP contribution is 2.33. The van der Waals surface area contributed by atoms with E-state index >= 15 is 0 Å². The van der Waals surface area contributed by atoms with Crippen LogP contribution in [0.1, 0.15) is 25.5 Å². The van der Waals surface area contributed by atoms with Crippen molar-refractivity contribution >= 4 is 12.0 Å². The zero-order valence-corrected chi connectivity index (χ0v) is 13.2. The predicted molar refractivity (Wildman–Crippen MR) is 85.9 cm³/mol. The van der Waals surface area contributed by atoms with E-state index in [0.29, 0.717) is 29.2 Å². The van der Waals surface area contributed by atoms with Gasteiger partial charge in [0.15, 0.2) is 0 Å². The van der Waals surface area contributed by atoms with Crippen LogP contribution in [0.25, 0.3) is 0 Å². The van der Waals surface area contributed by atoms with Crippen LogP contribution < -0.4 is 15.4 Å². The number of carbonyl (C=O) groups excluding carboxylic acids is 2. The van der Waals surface area contributed by atoms with Crippen LogP contribution in [0, 0.1) is 0 Å². The van der Waals surface area contributed by atoms with E-state index in [4.69, 9.17) is 9.47 Å². The lowest BCUT2D eigenvalue weighted by Gasteiger charge is -2.29. The molecule has 2 rings (SSSR count). The molecule has 6 heteroatoms. The Labute approximate surface area is 135 Å². The SMILES string of the molecule is C=CCOC(=O)C1=C(C)NC(=O)N[C@H]1c1ccccc1OCC. The molecule has 1 heterocycles. The number of urea groups is 1. The number of carbonyl (C=O) groups is 2. The first kappa shape index (κ1) is 16.6. The molecule has 0 spiro atoms. The number of hydrogen-bond acceptors (Lipinski definition) is 4. The smallest absolute Gasteiger partial charge is 0.338 e. The Bertz CT molecular complexity index is 652. The lowest BCUT2D eigenvalue weighted by molar-refractivity contribution is -0.138. The van der Waals surface area contributed by atoms with Gasteiger partial charge in [0.05, 0.1) is 18.2 Å². The Balaban J connectivity index is 2.45. The van der Waals surface area contributed by atoms with Gasteiger partial charge in [0, 0.05) is 11.3 Å². The third-order valence-corrected chi connectivity index (χ3v) is 3.35. The van der Waals surface area contributed by atoms with E-state index in [9.17, 15) is 9.59 Å². The molecule has 1 aromatic carbocycles. The van der Waals surface area contributed by atoms with Crippen molar-refractivity contribution in [3.8, 4) is 5.75 Å². The topological polar surface area (TPSA) is 76.7 Å². The maximum Gasteiger partial charge on any atom is 0.338 e. The summed E-state index contributed by atoms with van der Waals surface area (Å²) in [6.45, 7) is 7.65. The molecule has 2 N–H and O–H groups in total. The summed E-state index contributed by atoms with van der Waals surface area (Å²) in [6, 6.07) is 6.27. The Morgan fingerprint density at radius 1 is 1.39 bits per heavy atom. The number of hydrogen-bond donors (Lipinski definition) is 2. The normalized spacial score (nSPS) is 17.1. The number of nitrogens with one attached hydrogen (secondary N) is 2. The van der Waals surface area contributed by atoms with Gasteiger partial charge in [0.1, 0.15) is 12.4 Å². The molecule has 122 valence electrons. The number of ether oxygens (including phenoxy) is 2. The van der Waals surface area contributed by atoms with E-state index < -0.39 is 12.0 Å². The van der Waals surface area contributed by atoms with Crippen LogP contribution in [0.4, 0.5) is 4.79 Å². The van der Waals surface area contributed by atoms with E-state index in [1.807, 2.05) is 25.1 Å². The predicted octanol–water partition coefficient (Wildman–Crippen LogP) is 2.44. The van der Waals surface area contributed by atoms with Crippen molar-refractivity contribution in [3.05, 3.63) is 53.8 Å². The highest BCUT2D eigenvalue weighted by atomic mass is 16.5. The monoisotopic (exact) mass is 316 g/mol. The minimum absolute atomic E-state index is 0.101. The number of benzene rings is 1. The zero-order chi connectivity index (χ0) is 16.8. The van der Waals surface area contributed by atoms with Crippen LogP contribution in [0.2, 0.25) is 0 Å². The first-order valence-corrected chi connectivity index (χ1v) is 7.36. The fourth-order valence-electron chi connectivity index (χ4n) is 2.42. The van der Waals surface area contributed by atoms with Gasteiger partial charge in [-0.3, -0.25) is 0 Å². The summed E-state index contributed by atoms with van der Waals surface area (Å²) in [5.74, 6) is 0.107. The molecule has 0 saturated heterocycles. The highest BCUT2D eigenvalue weighted by molar-refractivity contribution is 5.95. The van der Waals surface area contributed by atoms with Crippen molar-refractivity contribution in [3.63, 3.8) is 0 Å². The number of allylic oxidation sites excluding steroid dienone is 1. The van der Waals surface area contributed by atoms with Gasteiger partial charge >= 0.3 is 12.0 Å². The lowest BCUT2D eigenvalue weighted by Crippen LogP contribution is -2.45. The maximum atomic E-state index is 12.4. The molecule has 0 fully saturated rings. The summed E-state index contributed by atoms with van der Waals surface area (Å²) >= 11 is 0. The summed E-state index contributed by atoms with van der Waals surface area (Å²) < 4.78 is 10.7. The molecule has 1 aliphatic heterocycles. The van der Waals surface area contributed by atoms with E-state index in [-0.39, 0.29) is 12.6 Å². The number of esters is 1. The molecule has 0 unspecified atom stereocenters. The highest BCUT2D eigenvalue weighted by Gasteiger charge is 2.33. The molecule has 0 aromatic heterocycles. The summed E-state index contributed by atoms with van der Waals surface area (Å²) in [4.78, 5) is 24.2. The molecule has 0 saturated carbocycles. The second-order valence-electron chi connectivity index (χ2n) is 4.93. The molecule has 6 nitrogen and oxygen atoms in total. The fraction of sp³-hybridized carbons (Fsp3) is 0.294. The standard InChI is InChI=1S/C17H20N2O4/c1-4-10-23-16(20)14-11(3)18-17(21)19-15(14)12-8-6-7-9-13(12)22-5-2/h4,6-9,15H,1,5,10H2,2-3H3,(H2,18,19,21)/t15-/m0/s1. The maximum absolute atomic E-state index is 12.4. The van der Waals surface area contributed by atoms with Gasteiger partial charge in [-0.1, -0.05) is 30.9 Å². The molecular formula is C17H20N2O4. The number of para-hydroxylation sites is 1. The van der Waals surface area contributed by atoms with E-state index in [2.05, 4.69) is 17.2 Å². The van der Waals surface area contributed by atoms with E-state index in [0.717, 1.165) is 0 Å². The van der Waals surface area contributed by atoms with Crippen molar-refractivity contribution in [1.29, 1.82) is 0 Å². The fourth-order valence-corrected chi connectivity index (χ4v) is 2.42. The summed E-state index contributed by atoms with van der Waals surface area (Å²) in [6.07, 6.45) is 1.49. The molecule has 1 aromatic rings. The first-order valence-electron chi connectivity index (χ1n) is 7.36. The minimum atomic E-state index is -0.635. The third kappa shape index (κ3) is 3.71. The average molecular weight is 316 g/mol. The summed E-state index contributed by atoms with van der Waals surface area (Å²) in [7, 11) is 0. The van der Waals surface area contributed by atoms with Crippen LogP contribution >= 0.6 is 0 Å². The van der Waals surface area contributed by atoms with Crippen molar-refractivity contribution in [1.82, 2.24) is 10.6 Å². The lowest BCUT2D eigenvalue weighted by atomic mass is 9.95. The minimum Gasteiger partial charge on any atom is -0.494 e. The van der Waals surface area contributed by atoms with E-state index in [1.54, 1.807) is 13.0 Å². The van der Waals surface area contributed by atoms with Crippen molar-refractivity contribution < 1.29 is 19.1 Å². The Hall–Kier alpha value is -2.76. The average Bonchev–Trinajstić information content (AvgIpc) is 2.52. The van der Waals surface area contributed by atoms with Gasteiger partial charge < -0.3 is 20.1 Å². The molecule has 23 heavy (non-hydrogen) atoms. The van der Waals surface area contributed by atoms with Crippen LogP contribution in [0.5, 0.6) is 5.75 Å². The molecule has 2 amide bonds. The Morgan fingerprint density at radius 2 is 2.13 bits per heavy atom. The van der Waals surface area contributed by atoms with Crippen LogP contribution in [0.3, 0.4) is 0 Å². The Kier molecular flexibility index (Phi) is 5.41. The molecule has 0 bridgehead atoms. The van der Waals surface area contributed by atoms with Crippen LogP contribution in [-0.4, -0.2) is 25.2 Å². The van der Waals surface area contributed by atoms with Gasteiger partial charge in [-0.05, 0) is 19.9 Å². The van der Waals surface area contributed by atoms with Gasteiger partial charge in [-0.25, -0.2) is 9.59 Å². The largest absolute Gasteiger partial charge is 0.494 e. The number of rotatable bonds is 6. The molecular weight excluding hydrogens is 296 g/mol. The van der Waals surface area contributed by atoms with Crippen molar-refractivity contribution in [2.24, 2.45) is 0 Å². The van der Waals surface area contributed by atoms with Gasteiger partial charge in [0.25, 0.3) is 0 Å². The summed E-state index contributed by atoms with van der Waals surface area (Å²) in [5, 5.41) is 5.35. The van der Waals surface area contributed by atoms with E-state index in [1.165, 1.54) is 6.08 Å². The molecule has 0 radical (unpaired) electrons. The van der Waals surface area contributed by atoms with Crippen LogP contribution in [0.15, 0.2) is 48.2 Å². The summed E-state index contributed by atoms with van der Waals surface area (Å²) in [5.41, 5.74) is 1.51. The Morgan fingerprint density at radius 3 is 2.83 bits per heavy atom. The van der Waals surface area contributed by atoms with Crippen LogP contribution in [-0.2, 0) is 9.53 Å². The van der Waals surface area contributed by atoms with Crippen molar-refractivity contribution in [2.45, 2.75) is 19.9 Å². The second-order valence-corrected chi connectivity index (χ2v) is 4.93. The first-order chi connectivity index (χ1) is 11.1. The molecule has 1 aliphatic rings. The second kappa shape index (κ2) is 7.49. The van der Waals surface area contributed by atoms with Gasteiger partial charge in [-0.15, -0.1) is 0 Å². The number of amides is 2. The molecule has 1 atom stereocenters.